The molecule has 1 saturated carbocycles. The third-order valence-corrected chi connectivity index (χ3v) is 4.55. The van der Waals surface area contributed by atoms with Gasteiger partial charge in [0.05, 0.1) is 0 Å². The van der Waals surface area contributed by atoms with Crippen LogP contribution in [-0.2, 0) is 0 Å². The molecule has 7 heteroatoms. The predicted octanol–water partition coefficient (Wildman–Crippen LogP) is 4.23. The van der Waals surface area contributed by atoms with Crippen molar-refractivity contribution < 1.29 is 9.18 Å². The highest BCUT2D eigenvalue weighted by Gasteiger charge is 2.23. The first-order valence-corrected chi connectivity index (χ1v) is 8.93. The number of anilines is 2. The van der Waals surface area contributed by atoms with Crippen LogP contribution in [0.3, 0.4) is 0 Å². The minimum absolute atomic E-state index is 0.0549. The maximum Gasteiger partial charge on any atom is 0.319 e. The molecule has 0 radical (unpaired) electrons. The second kappa shape index (κ2) is 7.19. The van der Waals surface area contributed by atoms with Crippen LogP contribution < -0.4 is 16.0 Å². The largest absolute Gasteiger partial charge is 0.363 e. The van der Waals surface area contributed by atoms with Gasteiger partial charge in [0.2, 0.25) is 0 Å². The Balaban J connectivity index is 1.46. The number of nitrogens with zero attached hydrogens (tertiary/aromatic N) is 2. The van der Waals surface area contributed by atoms with Crippen LogP contribution >= 0.6 is 0 Å². The molecule has 0 unspecified atom stereocenters. The van der Waals surface area contributed by atoms with Crippen molar-refractivity contribution in [1.29, 1.82) is 0 Å². The average molecular weight is 365 g/mol. The number of hydrogen-bond donors (Lipinski definition) is 3. The van der Waals surface area contributed by atoms with Gasteiger partial charge in [0.15, 0.2) is 0 Å². The molecular formula is C20H20FN5O. The summed E-state index contributed by atoms with van der Waals surface area (Å²) >= 11 is 0. The zero-order valence-electron chi connectivity index (χ0n) is 14.9. The topological polar surface area (TPSA) is 78.9 Å². The number of benzene rings is 2. The molecule has 3 N–H and O–H groups in total. The molecule has 3 aromatic rings. The summed E-state index contributed by atoms with van der Waals surface area (Å²) in [6.45, 7) is 2.00. The van der Waals surface area contributed by atoms with E-state index >= 15 is 0 Å². The van der Waals surface area contributed by atoms with Crippen molar-refractivity contribution in [2.75, 3.05) is 10.6 Å². The van der Waals surface area contributed by atoms with Gasteiger partial charge < -0.3 is 16.0 Å². The number of fused-ring (bicyclic) bond motifs is 1. The molecule has 2 aromatic carbocycles. The van der Waals surface area contributed by atoms with E-state index < -0.39 is 0 Å². The van der Waals surface area contributed by atoms with Gasteiger partial charge in [-0.25, -0.2) is 19.2 Å². The van der Waals surface area contributed by atoms with Crippen LogP contribution in [0.15, 0.2) is 48.8 Å². The van der Waals surface area contributed by atoms with Crippen molar-refractivity contribution in [1.82, 2.24) is 15.3 Å². The Morgan fingerprint density at radius 3 is 2.67 bits per heavy atom. The van der Waals surface area contributed by atoms with Crippen LogP contribution in [0, 0.1) is 5.82 Å². The van der Waals surface area contributed by atoms with E-state index in [4.69, 9.17) is 0 Å². The number of hydrogen-bond acceptors (Lipinski definition) is 4. The first-order valence-electron chi connectivity index (χ1n) is 8.93. The number of amides is 2. The van der Waals surface area contributed by atoms with Gasteiger partial charge >= 0.3 is 6.03 Å². The lowest BCUT2D eigenvalue weighted by Gasteiger charge is -2.17. The molecule has 4 rings (SSSR count). The number of urea groups is 1. The Hall–Kier alpha value is -3.22. The first-order chi connectivity index (χ1) is 13.1. The molecule has 27 heavy (non-hydrogen) atoms. The number of carbonyl (C=O) groups is 1. The van der Waals surface area contributed by atoms with Gasteiger partial charge in [0, 0.05) is 23.2 Å². The van der Waals surface area contributed by atoms with Gasteiger partial charge in [-0.3, -0.25) is 0 Å². The lowest BCUT2D eigenvalue weighted by atomic mass is 10.1. The summed E-state index contributed by atoms with van der Waals surface area (Å²) in [7, 11) is 0. The standard InChI is InChI=1S/C20H20FN5O/c1-12(24-19-16-3-2-4-17(21)18(16)22-11-23-19)13-5-7-14(8-6-13)25-20(27)26-15-9-10-15/h2-8,11-12,15H,9-10H2,1H3,(H,22,23,24)(H2,25,26,27)/t12-/m1/s1. The highest BCUT2D eigenvalue weighted by atomic mass is 19.1. The Labute approximate surface area is 156 Å². The second-order valence-corrected chi connectivity index (χ2v) is 6.72. The van der Waals surface area contributed by atoms with E-state index in [1.54, 1.807) is 12.1 Å². The van der Waals surface area contributed by atoms with Crippen LogP contribution in [-0.4, -0.2) is 22.0 Å². The van der Waals surface area contributed by atoms with Crippen molar-refractivity contribution in [2.45, 2.75) is 31.8 Å². The van der Waals surface area contributed by atoms with E-state index in [0.29, 0.717) is 22.8 Å². The van der Waals surface area contributed by atoms with Crippen molar-refractivity contribution in [3.8, 4) is 0 Å². The summed E-state index contributed by atoms with van der Waals surface area (Å²) in [6, 6.07) is 12.5. The maximum atomic E-state index is 13.9. The van der Waals surface area contributed by atoms with Gasteiger partial charge in [-0.05, 0) is 49.6 Å². The fourth-order valence-electron chi connectivity index (χ4n) is 2.89. The van der Waals surface area contributed by atoms with Crippen molar-refractivity contribution >= 4 is 28.4 Å². The Morgan fingerprint density at radius 1 is 1.15 bits per heavy atom. The molecule has 138 valence electrons. The summed E-state index contributed by atoms with van der Waals surface area (Å²) < 4.78 is 13.9. The first kappa shape index (κ1) is 17.2. The van der Waals surface area contributed by atoms with Gasteiger partial charge in [0.25, 0.3) is 0 Å². The van der Waals surface area contributed by atoms with E-state index in [1.165, 1.54) is 12.4 Å². The average Bonchev–Trinajstić information content (AvgIpc) is 3.47. The third kappa shape index (κ3) is 3.97. The number of halogens is 1. The van der Waals surface area contributed by atoms with Crippen molar-refractivity contribution in [3.05, 3.63) is 60.2 Å². The molecule has 1 atom stereocenters. The fraction of sp³-hybridized carbons (Fsp3) is 0.250. The zero-order valence-corrected chi connectivity index (χ0v) is 14.9. The monoisotopic (exact) mass is 365 g/mol. The minimum Gasteiger partial charge on any atom is -0.363 e. The molecule has 1 fully saturated rings. The Kier molecular flexibility index (Phi) is 4.58. The molecule has 1 aliphatic carbocycles. The zero-order chi connectivity index (χ0) is 18.8. The Bertz CT molecular complexity index is 972. The van der Waals surface area contributed by atoms with Gasteiger partial charge in [-0.2, -0.15) is 0 Å². The molecule has 1 heterocycles. The van der Waals surface area contributed by atoms with Gasteiger partial charge in [-0.15, -0.1) is 0 Å². The van der Waals surface area contributed by atoms with E-state index in [-0.39, 0.29) is 17.9 Å². The normalized spacial score (nSPS) is 14.6. The lowest BCUT2D eigenvalue weighted by molar-refractivity contribution is 0.251. The second-order valence-electron chi connectivity index (χ2n) is 6.72. The molecule has 0 saturated heterocycles. The third-order valence-electron chi connectivity index (χ3n) is 4.55. The van der Waals surface area contributed by atoms with E-state index in [1.807, 2.05) is 31.2 Å². The number of para-hydroxylation sites is 1. The predicted molar refractivity (Wildman–Crippen MR) is 103 cm³/mol. The highest BCUT2D eigenvalue weighted by Crippen LogP contribution is 2.26. The number of rotatable bonds is 5. The number of nitrogens with one attached hydrogen (secondary N) is 3. The van der Waals surface area contributed by atoms with E-state index in [9.17, 15) is 9.18 Å². The van der Waals surface area contributed by atoms with Crippen LogP contribution in [0.5, 0.6) is 0 Å². The van der Waals surface area contributed by atoms with Crippen molar-refractivity contribution in [2.24, 2.45) is 0 Å². The molecule has 6 nitrogen and oxygen atoms in total. The maximum absolute atomic E-state index is 13.9. The molecule has 1 aromatic heterocycles. The van der Waals surface area contributed by atoms with E-state index in [2.05, 4.69) is 25.9 Å². The summed E-state index contributed by atoms with van der Waals surface area (Å²) in [6.07, 6.45) is 3.46. The highest BCUT2D eigenvalue weighted by molar-refractivity contribution is 5.90. The number of aromatic nitrogens is 2. The van der Waals surface area contributed by atoms with Crippen molar-refractivity contribution in [3.63, 3.8) is 0 Å². The molecule has 0 spiro atoms. The van der Waals surface area contributed by atoms with Crippen LogP contribution in [0.1, 0.15) is 31.4 Å². The quantitative estimate of drug-likeness (QED) is 0.632. The van der Waals surface area contributed by atoms with Gasteiger partial charge in [0.1, 0.15) is 23.5 Å². The molecule has 2 amide bonds. The summed E-state index contributed by atoms with van der Waals surface area (Å²) in [5.41, 5.74) is 2.05. The molecular weight excluding hydrogens is 345 g/mol. The molecule has 1 aliphatic rings. The summed E-state index contributed by atoms with van der Waals surface area (Å²) in [5.74, 6) is 0.212. The van der Waals surface area contributed by atoms with Crippen LogP contribution in [0.2, 0.25) is 0 Å². The smallest absolute Gasteiger partial charge is 0.319 e. The molecule has 0 aliphatic heterocycles. The van der Waals surface area contributed by atoms with Gasteiger partial charge in [-0.1, -0.05) is 18.2 Å². The van der Waals surface area contributed by atoms with Crippen LogP contribution in [0.25, 0.3) is 10.9 Å². The molecule has 0 bridgehead atoms. The SMILES string of the molecule is C[C@@H](Nc1ncnc2c(F)cccc12)c1ccc(NC(=O)NC2CC2)cc1. The minimum atomic E-state index is -0.370. The summed E-state index contributed by atoms with van der Waals surface area (Å²) in [5, 5.41) is 9.66. The van der Waals surface area contributed by atoms with Crippen LogP contribution in [0.4, 0.5) is 20.7 Å². The van der Waals surface area contributed by atoms with E-state index in [0.717, 1.165) is 24.1 Å². The number of carbonyl (C=O) groups excluding carboxylic acids is 1. The Morgan fingerprint density at radius 2 is 1.93 bits per heavy atom. The lowest BCUT2D eigenvalue weighted by Crippen LogP contribution is -2.30. The summed E-state index contributed by atoms with van der Waals surface area (Å²) in [4.78, 5) is 20.1. The fourth-order valence-corrected chi connectivity index (χ4v) is 2.89.